The first-order chi connectivity index (χ1) is 14.5. The van der Waals surface area contributed by atoms with Crippen LogP contribution in [0.1, 0.15) is 43.0 Å². The zero-order valence-electron chi connectivity index (χ0n) is 17.0. The molecule has 0 spiro atoms. The summed E-state index contributed by atoms with van der Waals surface area (Å²) in [5, 5.41) is 11.8. The fourth-order valence-electron chi connectivity index (χ4n) is 4.37. The third-order valence-corrected chi connectivity index (χ3v) is 6.58. The summed E-state index contributed by atoms with van der Waals surface area (Å²) in [4.78, 5) is 15.6. The Bertz CT molecular complexity index is 1150. The molecule has 1 aliphatic carbocycles. The van der Waals surface area contributed by atoms with Crippen molar-refractivity contribution in [2.24, 2.45) is 11.1 Å². The molecule has 4 rings (SSSR count). The van der Waals surface area contributed by atoms with Gasteiger partial charge in [0.15, 0.2) is 5.78 Å². The molecule has 1 aliphatic heterocycles. The van der Waals surface area contributed by atoms with Gasteiger partial charge in [0.05, 0.1) is 23.1 Å². The molecule has 1 aromatic heterocycles. The Morgan fingerprint density at radius 3 is 2.58 bits per heavy atom. The largest absolute Gasteiger partial charge is 0.416 e. The molecule has 0 saturated heterocycles. The maximum absolute atomic E-state index is 13.4. The van der Waals surface area contributed by atoms with Crippen LogP contribution in [-0.2, 0) is 11.0 Å². The quantitative estimate of drug-likeness (QED) is 0.646. The topological polar surface area (TPSA) is 70.1 Å². The zero-order valence-corrected chi connectivity index (χ0v) is 17.8. The summed E-state index contributed by atoms with van der Waals surface area (Å²) in [6.07, 6.45) is -3.78. The number of hydrogen-bond donors (Lipinski definition) is 1. The van der Waals surface area contributed by atoms with Gasteiger partial charge in [-0.2, -0.15) is 18.4 Å². The van der Waals surface area contributed by atoms with Crippen molar-refractivity contribution in [3.63, 3.8) is 0 Å². The van der Waals surface area contributed by atoms with Crippen molar-refractivity contribution in [3.8, 4) is 6.07 Å². The van der Waals surface area contributed by atoms with Gasteiger partial charge in [-0.1, -0.05) is 26.0 Å². The number of halogens is 3. The highest BCUT2D eigenvalue weighted by atomic mass is 32.1. The minimum Gasteiger partial charge on any atom is -0.384 e. The number of carbonyl (C=O) groups excluding carboxylic acids is 1. The van der Waals surface area contributed by atoms with Crippen molar-refractivity contribution < 1.29 is 18.0 Å². The van der Waals surface area contributed by atoms with Crippen molar-refractivity contribution in [2.45, 2.75) is 38.8 Å². The Balaban J connectivity index is 1.98. The van der Waals surface area contributed by atoms with Gasteiger partial charge in [0.25, 0.3) is 0 Å². The van der Waals surface area contributed by atoms with E-state index in [0.717, 1.165) is 17.0 Å². The lowest BCUT2D eigenvalue weighted by Crippen LogP contribution is -2.42. The average molecular weight is 443 g/mol. The van der Waals surface area contributed by atoms with Crippen LogP contribution >= 0.6 is 11.3 Å². The first-order valence-corrected chi connectivity index (χ1v) is 10.6. The first-order valence-electron chi connectivity index (χ1n) is 9.70. The number of hydrogen-bond acceptors (Lipinski definition) is 5. The lowest BCUT2D eigenvalue weighted by atomic mass is 9.69. The Morgan fingerprint density at radius 2 is 1.97 bits per heavy atom. The molecular formula is C23H20F3N3OS. The van der Waals surface area contributed by atoms with E-state index in [1.54, 1.807) is 0 Å². The monoisotopic (exact) mass is 443 g/mol. The summed E-state index contributed by atoms with van der Waals surface area (Å²) in [5.74, 6) is -0.656. The maximum atomic E-state index is 13.4. The minimum atomic E-state index is -4.53. The minimum absolute atomic E-state index is 0.0597. The SMILES string of the molecule is CC1(C)CC(=O)C2=C(C1)N(c1cccc(C(F)(F)F)c1)C(N)=C(C#N)C2c1cccs1. The number of nitrogens with two attached hydrogens (primary N) is 1. The van der Waals surface area contributed by atoms with Crippen LogP contribution in [0.4, 0.5) is 18.9 Å². The third-order valence-electron chi connectivity index (χ3n) is 5.64. The zero-order chi connectivity index (χ0) is 22.6. The van der Waals surface area contributed by atoms with Crippen molar-refractivity contribution >= 4 is 22.8 Å². The molecular weight excluding hydrogens is 423 g/mol. The molecule has 0 radical (unpaired) electrons. The van der Waals surface area contributed by atoms with Crippen LogP contribution in [-0.4, -0.2) is 5.78 Å². The van der Waals surface area contributed by atoms with Crippen LogP contribution in [0.5, 0.6) is 0 Å². The predicted molar refractivity (Wildman–Crippen MR) is 113 cm³/mol. The number of thiophene rings is 1. The fourth-order valence-corrected chi connectivity index (χ4v) is 5.21. The van der Waals surface area contributed by atoms with Crippen molar-refractivity contribution in [1.29, 1.82) is 5.26 Å². The Labute approximate surface area is 182 Å². The molecule has 160 valence electrons. The molecule has 2 aromatic rings. The van der Waals surface area contributed by atoms with E-state index in [4.69, 9.17) is 5.73 Å². The van der Waals surface area contributed by atoms with Crippen LogP contribution in [0.2, 0.25) is 0 Å². The van der Waals surface area contributed by atoms with Gasteiger partial charge >= 0.3 is 6.18 Å². The molecule has 0 saturated carbocycles. The number of Topliss-reactive ketones (excluding diaryl/α,β-unsaturated/α-hetero) is 1. The summed E-state index contributed by atoms with van der Waals surface area (Å²) in [5.41, 5.74) is 6.59. The second-order valence-corrected chi connectivity index (χ2v) is 9.52. The van der Waals surface area contributed by atoms with E-state index in [9.17, 15) is 23.2 Å². The number of nitriles is 1. The van der Waals surface area contributed by atoms with E-state index in [1.807, 2.05) is 31.4 Å². The van der Waals surface area contributed by atoms with Gasteiger partial charge in [0, 0.05) is 28.3 Å². The number of anilines is 1. The van der Waals surface area contributed by atoms with Crippen LogP contribution < -0.4 is 10.6 Å². The summed E-state index contributed by atoms with van der Waals surface area (Å²) in [6, 6.07) is 10.6. The van der Waals surface area contributed by atoms with E-state index in [2.05, 4.69) is 6.07 Å². The average Bonchev–Trinajstić information content (AvgIpc) is 3.20. The van der Waals surface area contributed by atoms with Crippen LogP contribution in [0.3, 0.4) is 0 Å². The fraction of sp³-hybridized carbons (Fsp3) is 0.304. The lowest BCUT2D eigenvalue weighted by Gasteiger charge is -2.43. The highest BCUT2D eigenvalue weighted by Gasteiger charge is 2.45. The standard InChI is InChI=1S/C23H20F3N3OS/c1-22(2)10-16-20(17(30)11-22)19(18-7-4-8-31-18)15(12-27)21(28)29(16)14-6-3-5-13(9-14)23(24,25)26/h3-9,19H,10-11,28H2,1-2H3. The van der Waals surface area contributed by atoms with Crippen molar-refractivity contribution in [2.75, 3.05) is 4.90 Å². The number of allylic oxidation sites excluding steroid dienone is 3. The van der Waals surface area contributed by atoms with Gasteiger partial charge in [0.1, 0.15) is 5.82 Å². The molecule has 2 N–H and O–H groups in total. The number of ketones is 1. The Kier molecular flexibility index (Phi) is 4.97. The molecule has 1 aromatic carbocycles. The van der Waals surface area contributed by atoms with E-state index in [-0.39, 0.29) is 28.3 Å². The molecule has 8 heteroatoms. The molecule has 0 fully saturated rings. The normalized spacial score (nSPS) is 21.2. The van der Waals surface area contributed by atoms with Gasteiger partial charge < -0.3 is 5.73 Å². The van der Waals surface area contributed by atoms with E-state index >= 15 is 0 Å². The highest BCUT2D eigenvalue weighted by molar-refractivity contribution is 7.10. The Hall–Kier alpha value is -3.05. The molecule has 4 nitrogen and oxygen atoms in total. The molecule has 0 amide bonds. The number of nitrogens with zero attached hydrogens (tertiary/aromatic N) is 2. The number of alkyl halides is 3. The molecule has 1 unspecified atom stereocenters. The summed E-state index contributed by atoms with van der Waals surface area (Å²) >= 11 is 1.42. The first kappa shape index (κ1) is 21.2. The molecule has 2 heterocycles. The van der Waals surface area contributed by atoms with Crippen LogP contribution in [0.25, 0.3) is 0 Å². The van der Waals surface area contributed by atoms with Crippen molar-refractivity contribution in [1.82, 2.24) is 0 Å². The summed E-state index contributed by atoms with van der Waals surface area (Å²) < 4.78 is 40.1. The predicted octanol–water partition coefficient (Wildman–Crippen LogP) is 5.71. The van der Waals surface area contributed by atoms with Gasteiger partial charge in [-0.3, -0.25) is 9.69 Å². The number of rotatable bonds is 2. The summed E-state index contributed by atoms with van der Waals surface area (Å²) in [6.45, 7) is 3.89. The van der Waals surface area contributed by atoms with Gasteiger partial charge in [-0.25, -0.2) is 0 Å². The molecule has 2 aliphatic rings. The van der Waals surface area contributed by atoms with Crippen LogP contribution in [0.15, 0.2) is 64.4 Å². The second kappa shape index (κ2) is 7.27. The molecule has 0 bridgehead atoms. The Morgan fingerprint density at radius 1 is 1.23 bits per heavy atom. The lowest BCUT2D eigenvalue weighted by molar-refractivity contribution is -0.137. The maximum Gasteiger partial charge on any atom is 0.416 e. The van der Waals surface area contributed by atoms with Crippen LogP contribution in [0, 0.1) is 16.7 Å². The molecule has 31 heavy (non-hydrogen) atoms. The second-order valence-electron chi connectivity index (χ2n) is 8.54. The van der Waals surface area contributed by atoms with Gasteiger partial charge in [-0.05, 0) is 41.5 Å². The van der Waals surface area contributed by atoms with Gasteiger partial charge in [0.2, 0.25) is 0 Å². The smallest absolute Gasteiger partial charge is 0.384 e. The van der Waals surface area contributed by atoms with Crippen molar-refractivity contribution in [3.05, 3.63) is 74.9 Å². The van der Waals surface area contributed by atoms with Gasteiger partial charge in [-0.15, -0.1) is 11.3 Å². The van der Waals surface area contributed by atoms with E-state index in [0.29, 0.717) is 24.1 Å². The third kappa shape index (κ3) is 3.63. The summed E-state index contributed by atoms with van der Waals surface area (Å²) in [7, 11) is 0. The van der Waals surface area contributed by atoms with E-state index in [1.165, 1.54) is 28.4 Å². The number of benzene rings is 1. The number of carbonyl (C=O) groups is 1. The highest BCUT2D eigenvalue weighted by Crippen LogP contribution is 2.51. The molecule has 1 atom stereocenters. The van der Waals surface area contributed by atoms with E-state index < -0.39 is 17.7 Å².